The Kier molecular flexibility index (Phi) is 9.41. The summed E-state index contributed by atoms with van der Waals surface area (Å²) in [7, 11) is -4.15. The molecule has 0 radical (unpaired) electrons. The maximum Gasteiger partial charge on any atom is 0.268 e. The highest BCUT2D eigenvalue weighted by Crippen LogP contribution is 2.37. The average molecular weight is 592 g/mol. The van der Waals surface area contributed by atoms with Crippen molar-refractivity contribution in [2.45, 2.75) is 17.7 Å². The normalized spacial score (nSPS) is 16.3. The van der Waals surface area contributed by atoms with Crippen LogP contribution in [0, 0.1) is 0 Å². The first-order valence-electron chi connectivity index (χ1n) is 14.3. The number of phenols is 1. The number of anilines is 2. The molecule has 3 aromatic carbocycles. The lowest BCUT2D eigenvalue weighted by Gasteiger charge is -2.35. The second-order valence-corrected chi connectivity index (χ2v) is 12.4. The Morgan fingerprint density at radius 2 is 1.36 bits per heavy atom. The van der Waals surface area contributed by atoms with E-state index < -0.39 is 15.9 Å². The molecule has 42 heavy (non-hydrogen) atoms. The molecule has 2 aliphatic rings. The molecule has 0 saturated carbocycles. The lowest BCUT2D eigenvalue weighted by molar-refractivity contribution is -0.131. The van der Waals surface area contributed by atoms with Gasteiger partial charge in [0, 0.05) is 44.8 Å². The summed E-state index contributed by atoms with van der Waals surface area (Å²) in [5, 5.41) is 13.1. The Morgan fingerprint density at radius 1 is 0.762 bits per heavy atom. The van der Waals surface area contributed by atoms with Crippen LogP contribution < -0.4 is 9.62 Å². The van der Waals surface area contributed by atoms with Crippen molar-refractivity contribution in [3.8, 4) is 5.75 Å². The summed E-state index contributed by atoms with van der Waals surface area (Å²) < 4.78 is 28.6. The van der Waals surface area contributed by atoms with E-state index in [0.29, 0.717) is 18.8 Å². The molecule has 2 heterocycles. The third kappa shape index (κ3) is 6.92. The number of likely N-dealkylation sites (tertiary alicyclic amines) is 1. The molecule has 0 aromatic heterocycles. The fourth-order valence-electron chi connectivity index (χ4n) is 5.37. The second-order valence-electron chi connectivity index (χ2n) is 10.6. The molecule has 0 spiro atoms. The summed E-state index contributed by atoms with van der Waals surface area (Å²) in [6.07, 6.45) is 2.56. The van der Waals surface area contributed by atoms with Crippen LogP contribution in [-0.4, -0.2) is 98.9 Å². The number of rotatable bonds is 10. The van der Waals surface area contributed by atoms with Crippen molar-refractivity contribution >= 4 is 33.2 Å². The zero-order chi connectivity index (χ0) is 29.5. The first-order chi connectivity index (χ1) is 20.3. The second kappa shape index (κ2) is 13.4. The molecule has 2 amide bonds. The molecule has 10 nitrogen and oxygen atoms in total. The fourth-order valence-corrected chi connectivity index (χ4v) is 6.87. The summed E-state index contributed by atoms with van der Waals surface area (Å²) in [5.41, 5.74) is 0.700. The molecule has 0 unspecified atom stereocenters. The van der Waals surface area contributed by atoms with Gasteiger partial charge in [-0.1, -0.05) is 30.3 Å². The standard InChI is InChI=1S/C31H37N5O5S/c37-29-11-5-4-10-28(29)36(26-8-2-1-3-9-26)42(40,41)27-14-12-25(13-15-27)31(39)32-24-30(38)35-22-20-34(21-23-35)19-18-33-16-6-7-17-33/h1-5,8-15,37H,6-7,16-24H2,(H,32,39). The molecular weight excluding hydrogens is 554 g/mol. The number of phenolic OH excluding ortho intramolecular Hbond substituents is 1. The molecule has 2 aliphatic heterocycles. The predicted octanol–water partition coefficient (Wildman–Crippen LogP) is 2.89. The largest absolute Gasteiger partial charge is 0.506 e. The zero-order valence-corrected chi connectivity index (χ0v) is 24.4. The van der Waals surface area contributed by atoms with Gasteiger partial charge in [-0.05, 0) is 74.5 Å². The van der Waals surface area contributed by atoms with Crippen molar-refractivity contribution in [2.75, 3.05) is 63.2 Å². The molecule has 2 saturated heterocycles. The SMILES string of the molecule is O=C(NCC(=O)N1CCN(CCN2CCCC2)CC1)c1ccc(S(=O)(=O)N(c2ccccc2)c2ccccc2O)cc1. The van der Waals surface area contributed by atoms with E-state index in [0.717, 1.165) is 30.5 Å². The predicted molar refractivity (Wildman–Crippen MR) is 161 cm³/mol. The first kappa shape index (κ1) is 29.6. The topological polar surface area (TPSA) is 114 Å². The number of benzene rings is 3. The number of nitrogens with zero attached hydrogens (tertiary/aromatic N) is 4. The van der Waals surface area contributed by atoms with Gasteiger partial charge in [-0.15, -0.1) is 0 Å². The van der Waals surface area contributed by atoms with Crippen molar-refractivity contribution in [1.29, 1.82) is 0 Å². The summed E-state index contributed by atoms with van der Waals surface area (Å²) in [5.74, 6) is -0.783. The Morgan fingerprint density at radius 3 is 2.00 bits per heavy atom. The molecule has 2 fully saturated rings. The Hall–Kier alpha value is -3.93. The van der Waals surface area contributed by atoms with Crippen molar-refractivity contribution in [2.24, 2.45) is 0 Å². The lowest BCUT2D eigenvalue weighted by atomic mass is 10.2. The summed E-state index contributed by atoms with van der Waals surface area (Å²) in [4.78, 5) is 32.1. The highest BCUT2D eigenvalue weighted by atomic mass is 32.2. The van der Waals surface area contributed by atoms with E-state index in [-0.39, 0.29) is 34.3 Å². The van der Waals surface area contributed by atoms with Crippen LogP contribution in [0.3, 0.4) is 0 Å². The molecule has 5 rings (SSSR count). The monoisotopic (exact) mass is 591 g/mol. The number of aromatic hydroxyl groups is 1. The Balaban J connectivity index is 1.18. The van der Waals surface area contributed by atoms with Gasteiger partial charge in [0.1, 0.15) is 5.75 Å². The van der Waals surface area contributed by atoms with E-state index in [9.17, 15) is 23.1 Å². The Labute approximate surface area is 247 Å². The van der Waals surface area contributed by atoms with Crippen LogP contribution in [0.1, 0.15) is 23.2 Å². The zero-order valence-electron chi connectivity index (χ0n) is 23.6. The molecular formula is C31H37N5O5S. The van der Waals surface area contributed by atoms with Crippen molar-refractivity contribution < 1.29 is 23.1 Å². The summed E-state index contributed by atoms with van der Waals surface area (Å²) >= 11 is 0. The minimum Gasteiger partial charge on any atom is -0.506 e. The molecule has 0 atom stereocenters. The first-order valence-corrected chi connectivity index (χ1v) is 15.8. The molecule has 222 valence electrons. The number of carbonyl (C=O) groups excluding carboxylic acids is 2. The van der Waals surface area contributed by atoms with Crippen molar-refractivity contribution in [3.63, 3.8) is 0 Å². The average Bonchev–Trinajstić information content (AvgIpc) is 3.54. The highest BCUT2D eigenvalue weighted by molar-refractivity contribution is 7.93. The maximum atomic E-state index is 13.7. The van der Waals surface area contributed by atoms with Gasteiger partial charge in [0.15, 0.2) is 0 Å². The molecule has 2 N–H and O–H groups in total. The van der Waals surface area contributed by atoms with E-state index in [1.165, 1.54) is 62.3 Å². The van der Waals surface area contributed by atoms with Crippen LogP contribution in [-0.2, 0) is 14.8 Å². The van der Waals surface area contributed by atoms with Gasteiger partial charge < -0.3 is 20.2 Å². The van der Waals surface area contributed by atoms with Gasteiger partial charge >= 0.3 is 0 Å². The summed E-state index contributed by atoms with van der Waals surface area (Å²) in [6.45, 7) is 7.24. The third-order valence-corrected chi connectivity index (χ3v) is 9.56. The number of nitrogens with one attached hydrogen (secondary N) is 1. The van der Waals surface area contributed by atoms with Gasteiger partial charge in [0.25, 0.3) is 15.9 Å². The number of para-hydroxylation sites is 3. The number of sulfonamides is 1. The van der Waals surface area contributed by atoms with Gasteiger partial charge in [-0.3, -0.25) is 14.5 Å². The maximum absolute atomic E-state index is 13.7. The van der Waals surface area contributed by atoms with E-state index >= 15 is 0 Å². The molecule has 0 aliphatic carbocycles. The minimum absolute atomic E-state index is 0.0511. The van der Waals surface area contributed by atoms with Crippen molar-refractivity contribution in [3.05, 3.63) is 84.4 Å². The smallest absolute Gasteiger partial charge is 0.268 e. The van der Waals surface area contributed by atoms with Crippen molar-refractivity contribution in [1.82, 2.24) is 20.0 Å². The van der Waals surface area contributed by atoms with Crippen LogP contribution in [0.4, 0.5) is 11.4 Å². The van der Waals surface area contributed by atoms with Gasteiger partial charge in [-0.2, -0.15) is 0 Å². The minimum atomic E-state index is -4.15. The van der Waals surface area contributed by atoms with E-state index in [4.69, 9.17) is 0 Å². The van der Waals surface area contributed by atoms with Crippen LogP contribution >= 0.6 is 0 Å². The number of carbonyl (C=O) groups is 2. The van der Waals surface area contributed by atoms with Crippen LogP contribution in [0.2, 0.25) is 0 Å². The van der Waals surface area contributed by atoms with Gasteiger partial charge in [0.05, 0.1) is 22.8 Å². The number of piperazine rings is 1. The highest BCUT2D eigenvalue weighted by Gasteiger charge is 2.29. The van der Waals surface area contributed by atoms with E-state index in [1.54, 1.807) is 47.4 Å². The van der Waals surface area contributed by atoms with Crippen LogP contribution in [0.5, 0.6) is 5.75 Å². The Bertz CT molecular complexity index is 1470. The lowest BCUT2D eigenvalue weighted by Crippen LogP contribution is -2.52. The fraction of sp³-hybridized carbons (Fsp3) is 0.355. The molecule has 11 heteroatoms. The van der Waals surface area contributed by atoms with Crippen LogP contribution in [0.25, 0.3) is 0 Å². The molecule has 0 bridgehead atoms. The third-order valence-electron chi connectivity index (χ3n) is 7.80. The van der Waals surface area contributed by atoms with Gasteiger partial charge in [-0.25, -0.2) is 12.7 Å². The molecule has 3 aromatic rings. The van der Waals surface area contributed by atoms with E-state index in [1.807, 2.05) is 0 Å². The number of amides is 2. The number of hydrogen-bond acceptors (Lipinski definition) is 7. The quantitative estimate of drug-likeness (QED) is 0.373. The number of hydrogen-bond donors (Lipinski definition) is 2. The van der Waals surface area contributed by atoms with Crippen LogP contribution in [0.15, 0.2) is 83.8 Å². The van der Waals surface area contributed by atoms with Gasteiger partial charge in [0.2, 0.25) is 5.91 Å². The summed E-state index contributed by atoms with van der Waals surface area (Å²) in [6, 6.07) is 20.2. The van der Waals surface area contributed by atoms with E-state index in [2.05, 4.69) is 15.1 Å².